The van der Waals surface area contributed by atoms with Crippen LogP contribution in [0.2, 0.25) is 0 Å². The number of ether oxygens (including phenoxy) is 1. The summed E-state index contributed by atoms with van der Waals surface area (Å²) in [5.74, 6) is -0.937. The Morgan fingerprint density at radius 2 is 2.50 bits per heavy atom. The fourth-order valence-electron chi connectivity index (χ4n) is 0.977. The van der Waals surface area contributed by atoms with E-state index in [1.165, 1.54) is 11.3 Å². The van der Waals surface area contributed by atoms with Crippen LogP contribution in [0.5, 0.6) is 0 Å². The average Bonchev–Trinajstić information content (AvgIpc) is 2.52. The van der Waals surface area contributed by atoms with Crippen molar-refractivity contribution < 1.29 is 14.6 Å². The lowest BCUT2D eigenvalue weighted by Crippen LogP contribution is -2.14. The van der Waals surface area contributed by atoms with Crippen molar-refractivity contribution in [3.63, 3.8) is 0 Å². The summed E-state index contributed by atoms with van der Waals surface area (Å²) in [6.07, 6.45) is -0.0117. The van der Waals surface area contributed by atoms with Gasteiger partial charge in [-0.3, -0.25) is 0 Å². The second-order valence-corrected chi connectivity index (χ2v) is 4.61. The van der Waals surface area contributed by atoms with Gasteiger partial charge in [0.15, 0.2) is 6.10 Å². The molecule has 0 saturated carbocycles. The largest absolute Gasteiger partial charge is 0.479 e. The van der Waals surface area contributed by atoms with Gasteiger partial charge in [-0.1, -0.05) is 6.92 Å². The summed E-state index contributed by atoms with van der Waals surface area (Å²) in [5.41, 5.74) is 0. The molecule has 0 bridgehead atoms. The minimum atomic E-state index is -0.937. The minimum absolute atomic E-state index is 0.465. The van der Waals surface area contributed by atoms with Crippen molar-refractivity contribution in [3.05, 3.63) is 20.8 Å². The maximum atomic E-state index is 10.9. The van der Waals surface area contributed by atoms with Crippen LogP contribution >= 0.6 is 27.3 Å². The molecule has 0 saturated heterocycles. The summed E-state index contributed by atoms with van der Waals surface area (Å²) in [4.78, 5) is 11.6. The average molecular weight is 279 g/mol. The van der Waals surface area contributed by atoms with Gasteiger partial charge in [0.1, 0.15) is 0 Å². The number of aliphatic carboxylic acids is 1. The Labute approximate surface area is 94.8 Å². The van der Waals surface area contributed by atoms with E-state index in [-0.39, 0.29) is 0 Å². The fraction of sp³-hybridized carbons (Fsp3) is 0.444. The molecule has 3 nitrogen and oxygen atoms in total. The van der Waals surface area contributed by atoms with Crippen LogP contribution in [0.15, 0.2) is 15.9 Å². The van der Waals surface area contributed by atoms with Crippen LogP contribution in [-0.4, -0.2) is 17.7 Å². The zero-order valence-corrected chi connectivity index (χ0v) is 10.1. The Morgan fingerprint density at radius 3 is 2.93 bits per heavy atom. The standard InChI is InChI=1S/C9H11BrO3S/c1-2-3-13-8(9(11)12)7-4-6(10)5-14-7/h4-5,8H,2-3H2,1H3,(H,11,12). The number of rotatable bonds is 5. The highest BCUT2D eigenvalue weighted by Crippen LogP contribution is 2.28. The molecule has 1 atom stereocenters. The molecule has 1 rings (SSSR count). The van der Waals surface area contributed by atoms with Gasteiger partial charge < -0.3 is 9.84 Å². The predicted octanol–water partition coefficient (Wildman–Crippen LogP) is 3.06. The number of carboxylic acid groups (broad SMARTS) is 1. The number of hydrogen-bond acceptors (Lipinski definition) is 3. The van der Waals surface area contributed by atoms with E-state index in [9.17, 15) is 4.79 Å². The van der Waals surface area contributed by atoms with E-state index in [4.69, 9.17) is 9.84 Å². The maximum absolute atomic E-state index is 10.9. The molecule has 14 heavy (non-hydrogen) atoms. The Morgan fingerprint density at radius 1 is 1.79 bits per heavy atom. The second-order valence-electron chi connectivity index (χ2n) is 2.76. The highest BCUT2D eigenvalue weighted by molar-refractivity contribution is 9.10. The van der Waals surface area contributed by atoms with Gasteiger partial charge in [0.2, 0.25) is 0 Å². The Hall–Kier alpha value is -0.390. The van der Waals surface area contributed by atoms with Crippen LogP contribution in [0, 0.1) is 0 Å². The summed E-state index contributed by atoms with van der Waals surface area (Å²) in [7, 11) is 0. The lowest BCUT2D eigenvalue weighted by molar-refractivity contribution is -0.150. The first-order valence-corrected chi connectivity index (χ1v) is 5.90. The minimum Gasteiger partial charge on any atom is -0.479 e. The molecule has 1 N–H and O–H groups in total. The van der Waals surface area contributed by atoms with Crippen molar-refractivity contribution in [2.75, 3.05) is 6.61 Å². The molecule has 5 heteroatoms. The smallest absolute Gasteiger partial charge is 0.338 e. The molecule has 78 valence electrons. The summed E-state index contributed by atoms with van der Waals surface area (Å²) in [6, 6.07) is 1.78. The van der Waals surface area contributed by atoms with Crippen LogP contribution in [0.1, 0.15) is 24.3 Å². The molecule has 0 aliphatic carbocycles. The molecule has 0 aromatic carbocycles. The van der Waals surface area contributed by atoms with Crippen LogP contribution in [0.4, 0.5) is 0 Å². The van der Waals surface area contributed by atoms with Crippen molar-refractivity contribution in [3.8, 4) is 0 Å². The van der Waals surface area contributed by atoms with Gasteiger partial charge in [-0.05, 0) is 28.4 Å². The van der Waals surface area contributed by atoms with E-state index in [0.717, 1.165) is 15.8 Å². The van der Waals surface area contributed by atoms with Crippen LogP contribution in [0.3, 0.4) is 0 Å². The summed E-state index contributed by atoms with van der Waals surface area (Å²) in [6.45, 7) is 2.41. The van der Waals surface area contributed by atoms with E-state index >= 15 is 0 Å². The molecule has 0 radical (unpaired) electrons. The first-order chi connectivity index (χ1) is 6.65. The first kappa shape index (κ1) is 11.7. The zero-order valence-electron chi connectivity index (χ0n) is 7.70. The van der Waals surface area contributed by atoms with Crippen molar-refractivity contribution in [1.82, 2.24) is 0 Å². The SMILES string of the molecule is CCCOC(C(=O)O)c1cc(Br)cs1. The number of carbonyl (C=O) groups is 1. The molecule has 0 fully saturated rings. The Bertz CT molecular complexity index is 311. The molecule has 0 aliphatic rings. The van der Waals surface area contributed by atoms with E-state index in [2.05, 4.69) is 15.9 Å². The van der Waals surface area contributed by atoms with Crippen molar-refractivity contribution in [2.24, 2.45) is 0 Å². The number of halogens is 1. The fourth-order valence-corrected chi connectivity index (χ4v) is 2.46. The van der Waals surface area contributed by atoms with E-state index in [1.807, 2.05) is 12.3 Å². The number of hydrogen-bond donors (Lipinski definition) is 1. The van der Waals surface area contributed by atoms with E-state index < -0.39 is 12.1 Å². The van der Waals surface area contributed by atoms with Gasteiger partial charge in [-0.15, -0.1) is 11.3 Å². The highest BCUT2D eigenvalue weighted by atomic mass is 79.9. The third-order valence-electron chi connectivity index (χ3n) is 1.56. The first-order valence-electron chi connectivity index (χ1n) is 4.23. The number of carboxylic acids is 1. The van der Waals surface area contributed by atoms with Gasteiger partial charge in [-0.25, -0.2) is 4.79 Å². The Balaban J connectivity index is 2.72. The third kappa shape index (κ3) is 3.08. The normalized spacial score (nSPS) is 12.7. The van der Waals surface area contributed by atoms with Gasteiger partial charge in [0.05, 0.1) is 0 Å². The topological polar surface area (TPSA) is 46.5 Å². The van der Waals surface area contributed by atoms with Crippen molar-refractivity contribution in [2.45, 2.75) is 19.4 Å². The van der Waals surface area contributed by atoms with Gasteiger partial charge in [-0.2, -0.15) is 0 Å². The van der Waals surface area contributed by atoms with Gasteiger partial charge in [0.25, 0.3) is 0 Å². The van der Waals surface area contributed by atoms with Crippen molar-refractivity contribution in [1.29, 1.82) is 0 Å². The van der Waals surface area contributed by atoms with Crippen LogP contribution in [-0.2, 0) is 9.53 Å². The lowest BCUT2D eigenvalue weighted by Gasteiger charge is -2.10. The monoisotopic (exact) mass is 278 g/mol. The molecular weight excluding hydrogens is 268 g/mol. The summed E-state index contributed by atoms with van der Waals surface area (Å²) >= 11 is 4.66. The van der Waals surface area contributed by atoms with E-state index in [0.29, 0.717) is 6.61 Å². The third-order valence-corrected chi connectivity index (χ3v) is 3.30. The molecule has 1 unspecified atom stereocenters. The molecule has 1 aromatic rings. The molecule has 0 aliphatic heterocycles. The van der Waals surface area contributed by atoms with Gasteiger partial charge in [0, 0.05) is 21.3 Å². The lowest BCUT2D eigenvalue weighted by atomic mass is 10.3. The summed E-state index contributed by atoms with van der Waals surface area (Å²) in [5, 5.41) is 10.8. The molecule has 1 aromatic heterocycles. The summed E-state index contributed by atoms with van der Waals surface area (Å²) < 4.78 is 6.13. The van der Waals surface area contributed by atoms with Gasteiger partial charge >= 0.3 is 5.97 Å². The zero-order chi connectivity index (χ0) is 10.6. The highest BCUT2D eigenvalue weighted by Gasteiger charge is 2.21. The van der Waals surface area contributed by atoms with E-state index in [1.54, 1.807) is 6.07 Å². The Kier molecular flexibility index (Phi) is 4.57. The molecule has 0 amide bonds. The maximum Gasteiger partial charge on any atom is 0.338 e. The molecule has 1 heterocycles. The quantitative estimate of drug-likeness (QED) is 0.901. The second kappa shape index (κ2) is 5.48. The van der Waals surface area contributed by atoms with Crippen LogP contribution in [0.25, 0.3) is 0 Å². The van der Waals surface area contributed by atoms with Crippen LogP contribution < -0.4 is 0 Å². The number of thiophene rings is 1. The van der Waals surface area contributed by atoms with Crippen molar-refractivity contribution >= 4 is 33.2 Å². The molecular formula is C9H11BrO3S. The predicted molar refractivity (Wildman–Crippen MR) is 58.6 cm³/mol. The molecule has 0 spiro atoms.